The van der Waals surface area contributed by atoms with Crippen molar-refractivity contribution < 1.29 is 0 Å². The Morgan fingerprint density at radius 2 is 2.11 bits per heavy atom. The summed E-state index contributed by atoms with van der Waals surface area (Å²) in [6.45, 7) is 3.05. The van der Waals surface area contributed by atoms with Gasteiger partial charge in [0.05, 0.1) is 11.4 Å². The lowest BCUT2D eigenvalue weighted by Crippen LogP contribution is -2.29. The maximum absolute atomic E-state index is 4.90. The Balaban J connectivity index is 1.88. The van der Waals surface area contributed by atoms with Crippen LogP contribution >= 0.6 is 0 Å². The van der Waals surface area contributed by atoms with Crippen molar-refractivity contribution in [2.24, 2.45) is 0 Å². The van der Waals surface area contributed by atoms with E-state index in [1.807, 2.05) is 0 Å². The molecule has 0 aromatic carbocycles. The fraction of sp³-hybridized carbons (Fsp3) is 0.733. The SMILES string of the molecule is CN(C)CCc1nc2c(c(C3CCC3)n1)CNCC2. The second kappa shape index (κ2) is 5.55. The predicted octanol–water partition coefficient (Wildman–Crippen LogP) is 1.49. The second-order valence-electron chi connectivity index (χ2n) is 6.06. The standard InChI is InChI=1S/C15H24N4/c1-19(2)9-7-14-17-13-6-8-16-10-12(13)15(18-14)11-4-3-5-11/h11,16H,3-10H2,1-2H3. The van der Waals surface area contributed by atoms with E-state index in [0.717, 1.165) is 38.3 Å². The van der Waals surface area contributed by atoms with Crippen LogP contribution in [0.15, 0.2) is 0 Å². The Bertz CT molecular complexity index is 452. The monoisotopic (exact) mass is 260 g/mol. The lowest BCUT2D eigenvalue weighted by molar-refractivity contribution is 0.394. The number of rotatable bonds is 4. The minimum absolute atomic E-state index is 0.703. The average Bonchev–Trinajstić information content (AvgIpc) is 2.34. The third-order valence-electron chi connectivity index (χ3n) is 4.29. The molecule has 0 unspecified atom stereocenters. The summed E-state index contributed by atoms with van der Waals surface area (Å²) in [6, 6.07) is 0. The Hall–Kier alpha value is -1.00. The number of likely N-dealkylation sites (N-methyl/N-ethyl adjacent to an activating group) is 1. The molecule has 1 aliphatic carbocycles. The van der Waals surface area contributed by atoms with Crippen LogP contribution in [0, 0.1) is 0 Å². The summed E-state index contributed by atoms with van der Waals surface area (Å²) in [5, 5.41) is 3.47. The van der Waals surface area contributed by atoms with Crippen LogP contribution in [0.4, 0.5) is 0 Å². The molecular weight excluding hydrogens is 236 g/mol. The van der Waals surface area contributed by atoms with E-state index < -0.39 is 0 Å². The Labute approximate surface area is 115 Å². The predicted molar refractivity (Wildman–Crippen MR) is 76.3 cm³/mol. The number of nitrogens with one attached hydrogen (secondary N) is 1. The van der Waals surface area contributed by atoms with Gasteiger partial charge in [-0.15, -0.1) is 0 Å². The summed E-state index contributed by atoms with van der Waals surface area (Å²) in [4.78, 5) is 11.9. The van der Waals surface area contributed by atoms with Crippen molar-refractivity contribution in [3.63, 3.8) is 0 Å². The first-order chi connectivity index (χ1) is 9.24. The number of hydrogen-bond acceptors (Lipinski definition) is 4. The molecule has 2 heterocycles. The van der Waals surface area contributed by atoms with Crippen molar-refractivity contribution in [1.29, 1.82) is 0 Å². The molecule has 1 aromatic rings. The third kappa shape index (κ3) is 2.79. The summed E-state index contributed by atoms with van der Waals surface area (Å²) < 4.78 is 0. The van der Waals surface area contributed by atoms with Crippen LogP contribution in [0.25, 0.3) is 0 Å². The van der Waals surface area contributed by atoms with Gasteiger partial charge in [-0.05, 0) is 26.9 Å². The smallest absolute Gasteiger partial charge is 0.130 e. The number of nitrogens with zero attached hydrogens (tertiary/aromatic N) is 3. The van der Waals surface area contributed by atoms with Crippen molar-refractivity contribution >= 4 is 0 Å². The third-order valence-corrected chi connectivity index (χ3v) is 4.29. The van der Waals surface area contributed by atoms with Gasteiger partial charge >= 0.3 is 0 Å². The molecule has 0 saturated heterocycles. The Kier molecular flexibility index (Phi) is 3.80. The highest BCUT2D eigenvalue weighted by Gasteiger charge is 2.27. The zero-order valence-corrected chi connectivity index (χ0v) is 12.1. The van der Waals surface area contributed by atoms with Crippen LogP contribution < -0.4 is 5.32 Å². The molecule has 19 heavy (non-hydrogen) atoms. The fourth-order valence-corrected chi connectivity index (χ4v) is 2.88. The number of hydrogen-bond donors (Lipinski definition) is 1. The van der Waals surface area contributed by atoms with Crippen LogP contribution in [0.1, 0.15) is 48.0 Å². The van der Waals surface area contributed by atoms with Gasteiger partial charge in [-0.2, -0.15) is 0 Å². The fourth-order valence-electron chi connectivity index (χ4n) is 2.88. The molecule has 2 aliphatic rings. The normalized spacial score (nSPS) is 19.3. The van der Waals surface area contributed by atoms with E-state index >= 15 is 0 Å². The molecule has 0 amide bonds. The highest BCUT2D eigenvalue weighted by atomic mass is 15.1. The molecule has 1 N–H and O–H groups in total. The van der Waals surface area contributed by atoms with E-state index in [1.165, 1.54) is 36.2 Å². The van der Waals surface area contributed by atoms with Gasteiger partial charge < -0.3 is 10.2 Å². The van der Waals surface area contributed by atoms with Crippen molar-refractivity contribution in [2.45, 2.75) is 44.6 Å². The van der Waals surface area contributed by atoms with Crippen LogP contribution in [0.3, 0.4) is 0 Å². The van der Waals surface area contributed by atoms with Gasteiger partial charge in [-0.3, -0.25) is 0 Å². The number of aromatic nitrogens is 2. The molecule has 4 nitrogen and oxygen atoms in total. The molecule has 3 rings (SSSR count). The van der Waals surface area contributed by atoms with Gasteiger partial charge in [-0.25, -0.2) is 9.97 Å². The summed E-state index contributed by atoms with van der Waals surface area (Å²) in [5.74, 6) is 1.76. The van der Waals surface area contributed by atoms with Crippen molar-refractivity contribution in [3.05, 3.63) is 22.8 Å². The van der Waals surface area contributed by atoms with Gasteiger partial charge in [0.25, 0.3) is 0 Å². The zero-order chi connectivity index (χ0) is 13.2. The molecular formula is C15H24N4. The highest BCUT2D eigenvalue weighted by molar-refractivity contribution is 5.32. The minimum atomic E-state index is 0.703. The molecule has 0 bridgehead atoms. The maximum atomic E-state index is 4.90. The van der Waals surface area contributed by atoms with Gasteiger partial charge in [0, 0.05) is 44.0 Å². The van der Waals surface area contributed by atoms with Crippen LogP contribution in [0.2, 0.25) is 0 Å². The highest BCUT2D eigenvalue weighted by Crippen LogP contribution is 2.38. The van der Waals surface area contributed by atoms with Gasteiger partial charge in [0.2, 0.25) is 0 Å². The molecule has 4 heteroatoms. The molecule has 0 radical (unpaired) electrons. The molecule has 0 atom stereocenters. The van der Waals surface area contributed by atoms with E-state index in [-0.39, 0.29) is 0 Å². The van der Waals surface area contributed by atoms with Crippen molar-refractivity contribution in [2.75, 3.05) is 27.2 Å². The minimum Gasteiger partial charge on any atom is -0.312 e. The van der Waals surface area contributed by atoms with Crippen LogP contribution in [-0.4, -0.2) is 42.1 Å². The first-order valence-electron chi connectivity index (χ1n) is 7.48. The van der Waals surface area contributed by atoms with E-state index in [4.69, 9.17) is 9.97 Å². The lowest BCUT2D eigenvalue weighted by Gasteiger charge is -2.30. The molecule has 1 saturated carbocycles. The molecule has 1 aliphatic heterocycles. The summed E-state index contributed by atoms with van der Waals surface area (Å²) in [5.41, 5.74) is 4.08. The Morgan fingerprint density at radius 1 is 1.26 bits per heavy atom. The number of fused-ring (bicyclic) bond motifs is 1. The lowest BCUT2D eigenvalue weighted by atomic mass is 9.80. The summed E-state index contributed by atoms with van der Waals surface area (Å²) >= 11 is 0. The maximum Gasteiger partial charge on any atom is 0.130 e. The summed E-state index contributed by atoms with van der Waals surface area (Å²) in [7, 11) is 4.21. The average molecular weight is 260 g/mol. The van der Waals surface area contributed by atoms with Crippen LogP contribution in [-0.2, 0) is 19.4 Å². The summed E-state index contributed by atoms with van der Waals surface area (Å²) in [6.07, 6.45) is 6.02. The van der Waals surface area contributed by atoms with Gasteiger partial charge in [0.15, 0.2) is 0 Å². The first kappa shape index (κ1) is 13.0. The van der Waals surface area contributed by atoms with Gasteiger partial charge in [0.1, 0.15) is 5.82 Å². The van der Waals surface area contributed by atoms with Crippen LogP contribution in [0.5, 0.6) is 0 Å². The molecule has 1 aromatic heterocycles. The quantitative estimate of drug-likeness (QED) is 0.890. The largest absolute Gasteiger partial charge is 0.312 e. The van der Waals surface area contributed by atoms with Crippen molar-refractivity contribution in [1.82, 2.24) is 20.2 Å². The van der Waals surface area contributed by atoms with E-state index in [1.54, 1.807) is 0 Å². The van der Waals surface area contributed by atoms with Crippen molar-refractivity contribution in [3.8, 4) is 0 Å². The van der Waals surface area contributed by atoms with E-state index in [0.29, 0.717) is 5.92 Å². The topological polar surface area (TPSA) is 41.1 Å². The molecule has 1 fully saturated rings. The Morgan fingerprint density at radius 3 is 2.79 bits per heavy atom. The first-order valence-corrected chi connectivity index (χ1v) is 7.48. The van der Waals surface area contributed by atoms with E-state index in [2.05, 4.69) is 24.3 Å². The molecule has 104 valence electrons. The second-order valence-corrected chi connectivity index (χ2v) is 6.06. The van der Waals surface area contributed by atoms with Gasteiger partial charge in [-0.1, -0.05) is 6.42 Å². The van der Waals surface area contributed by atoms with E-state index in [9.17, 15) is 0 Å². The zero-order valence-electron chi connectivity index (χ0n) is 12.1. The molecule has 0 spiro atoms.